The molecule has 6 heteroatoms. The van der Waals surface area contributed by atoms with Crippen LogP contribution in [0.1, 0.15) is 28.8 Å². The molecule has 0 aliphatic carbocycles. The predicted molar refractivity (Wildman–Crippen MR) is 117 cm³/mol. The van der Waals surface area contributed by atoms with Crippen LogP contribution < -0.4 is 5.32 Å². The second-order valence-corrected chi connectivity index (χ2v) is 7.96. The molecule has 154 valence electrons. The van der Waals surface area contributed by atoms with Gasteiger partial charge in [-0.3, -0.25) is 14.7 Å². The van der Waals surface area contributed by atoms with Crippen molar-refractivity contribution in [2.24, 2.45) is 0 Å². The van der Waals surface area contributed by atoms with E-state index >= 15 is 0 Å². The largest absolute Gasteiger partial charge is 0.349 e. The predicted octanol–water partition coefficient (Wildman–Crippen LogP) is 4.94. The molecular formula is C24H23ClFN3O. The number of hydrogen-bond donors (Lipinski definition) is 1. The standard InChI is InChI=1S/C24H23ClFN3O/c25-22-7-2-1-4-19(22)16-29-12-10-21(11-13-29)28-24(30)18-8-9-23(27-15-18)17-5-3-6-20(26)14-17/h1-9,14-15,21H,10-13,16H2,(H,28,30). The lowest BCUT2D eigenvalue weighted by Gasteiger charge is -2.32. The topological polar surface area (TPSA) is 45.2 Å². The smallest absolute Gasteiger partial charge is 0.253 e. The monoisotopic (exact) mass is 423 g/mol. The number of amides is 1. The number of carbonyl (C=O) groups excluding carboxylic acids is 1. The summed E-state index contributed by atoms with van der Waals surface area (Å²) in [6, 6.07) is 17.8. The zero-order valence-electron chi connectivity index (χ0n) is 16.5. The van der Waals surface area contributed by atoms with Gasteiger partial charge in [0.1, 0.15) is 5.82 Å². The maximum Gasteiger partial charge on any atom is 0.253 e. The minimum atomic E-state index is -0.308. The summed E-state index contributed by atoms with van der Waals surface area (Å²) in [4.78, 5) is 19.3. The van der Waals surface area contributed by atoms with Crippen LogP contribution in [0, 0.1) is 5.82 Å². The van der Waals surface area contributed by atoms with Gasteiger partial charge in [0.15, 0.2) is 0 Å². The van der Waals surface area contributed by atoms with E-state index < -0.39 is 0 Å². The third-order valence-electron chi connectivity index (χ3n) is 5.42. The first-order chi connectivity index (χ1) is 14.6. The Kier molecular flexibility index (Phi) is 6.41. The molecule has 1 N–H and O–H groups in total. The van der Waals surface area contributed by atoms with Crippen molar-refractivity contribution in [3.05, 3.63) is 88.8 Å². The van der Waals surface area contributed by atoms with Gasteiger partial charge in [-0.05, 0) is 48.7 Å². The van der Waals surface area contributed by atoms with Crippen LogP contribution in [0.25, 0.3) is 11.3 Å². The molecule has 0 unspecified atom stereocenters. The average Bonchev–Trinajstić information content (AvgIpc) is 2.77. The molecule has 4 rings (SSSR count). The van der Waals surface area contributed by atoms with Gasteiger partial charge in [-0.2, -0.15) is 0 Å². The van der Waals surface area contributed by atoms with Crippen molar-refractivity contribution in [2.75, 3.05) is 13.1 Å². The molecule has 2 heterocycles. The second kappa shape index (κ2) is 9.37. The Hall–Kier alpha value is -2.76. The first kappa shape index (κ1) is 20.5. The van der Waals surface area contributed by atoms with Crippen LogP contribution in [-0.2, 0) is 6.54 Å². The number of pyridine rings is 1. The Labute approximate surface area is 180 Å². The molecular weight excluding hydrogens is 401 g/mol. The van der Waals surface area contributed by atoms with Gasteiger partial charge < -0.3 is 5.32 Å². The average molecular weight is 424 g/mol. The van der Waals surface area contributed by atoms with E-state index in [0.717, 1.165) is 43.1 Å². The van der Waals surface area contributed by atoms with E-state index in [1.807, 2.05) is 18.2 Å². The summed E-state index contributed by atoms with van der Waals surface area (Å²) < 4.78 is 13.4. The lowest BCUT2D eigenvalue weighted by Crippen LogP contribution is -2.44. The molecule has 30 heavy (non-hydrogen) atoms. The van der Waals surface area contributed by atoms with Crippen LogP contribution in [-0.4, -0.2) is 34.9 Å². The maximum atomic E-state index is 13.4. The number of halogens is 2. The van der Waals surface area contributed by atoms with E-state index in [0.29, 0.717) is 16.8 Å². The van der Waals surface area contributed by atoms with Gasteiger partial charge in [0.2, 0.25) is 0 Å². The Morgan fingerprint density at radius 3 is 2.60 bits per heavy atom. The maximum absolute atomic E-state index is 13.4. The fraction of sp³-hybridized carbons (Fsp3) is 0.250. The first-order valence-corrected chi connectivity index (χ1v) is 10.4. The van der Waals surface area contributed by atoms with Crippen LogP contribution >= 0.6 is 11.6 Å². The molecule has 0 spiro atoms. The third-order valence-corrected chi connectivity index (χ3v) is 5.79. The van der Waals surface area contributed by atoms with Crippen LogP contribution in [0.15, 0.2) is 66.9 Å². The highest BCUT2D eigenvalue weighted by Crippen LogP contribution is 2.21. The van der Waals surface area contributed by atoms with Crippen LogP contribution in [0.5, 0.6) is 0 Å². The van der Waals surface area contributed by atoms with Crippen LogP contribution in [0.4, 0.5) is 4.39 Å². The Morgan fingerprint density at radius 1 is 1.10 bits per heavy atom. The number of nitrogens with one attached hydrogen (secondary N) is 1. The van der Waals surface area contributed by atoms with E-state index in [1.165, 1.54) is 12.1 Å². The minimum Gasteiger partial charge on any atom is -0.349 e. The molecule has 0 atom stereocenters. The number of carbonyl (C=O) groups is 1. The molecule has 1 aliphatic rings. The SMILES string of the molecule is O=C(NC1CCN(Cc2ccccc2Cl)CC1)c1ccc(-c2cccc(F)c2)nc1. The number of hydrogen-bond acceptors (Lipinski definition) is 3. The molecule has 1 saturated heterocycles. The summed E-state index contributed by atoms with van der Waals surface area (Å²) in [6.45, 7) is 2.64. The minimum absolute atomic E-state index is 0.127. The highest BCUT2D eigenvalue weighted by atomic mass is 35.5. The highest BCUT2D eigenvalue weighted by molar-refractivity contribution is 6.31. The third kappa shape index (κ3) is 5.04. The zero-order valence-corrected chi connectivity index (χ0v) is 17.3. The zero-order chi connectivity index (χ0) is 20.9. The van der Waals surface area contributed by atoms with Gasteiger partial charge >= 0.3 is 0 Å². The van der Waals surface area contributed by atoms with Gasteiger partial charge in [0, 0.05) is 42.5 Å². The van der Waals surface area contributed by atoms with Crippen molar-refractivity contribution < 1.29 is 9.18 Å². The molecule has 0 bridgehead atoms. The van der Waals surface area contributed by atoms with Gasteiger partial charge in [-0.15, -0.1) is 0 Å². The molecule has 1 aromatic heterocycles. The highest BCUT2D eigenvalue weighted by Gasteiger charge is 2.21. The molecule has 1 fully saturated rings. The van der Waals surface area contributed by atoms with E-state index in [4.69, 9.17) is 11.6 Å². The van der Waals surface area contributed by atoms with E-state index in [2.05, 4.69) is 21.3 Å². The lowest BCUT2D eigenvalue weighted by molar-refractivity contribution is 0.0908. The van der Waals surface area contributed by atoms with Crippen molar-refractivity contribution in [3.8, 4) is 11.3 Å². The molecule has 0 radical (unpaired) electrons. The number of likely N-dealkylation sites (tertiary alicyclic amines) is 1. The van der Waals surface area contributed by atoms with Crippen LogP contribution in [0.2, 0.25) is 5.02 Å². The summed E-state index contributed by atoms with van der Waals surface area (Å²) in [7, 11) is 0. The van der Waals surface area contributed by atoms with Gasteiger partial charge in [0.05, 0.1) is 11.3 Å². The van der Waals surface area contributed by atoms with Crippen molar-refractivity contribution in [1.82, 2.24) is 15.2 Å². The Morgan fingerprint density at radius 2 is 1.90 bits per heavy atom. The summed E-state index contributed by atoms with van der Waals surface area (Å²) in [6.07, 6.45) is 3.33. The summed E-state index contributed by atoms with van der Waals surface area (Å²) >= 11 is 6.26. The fourth-order valence-corrected chi connectivity index (χ4v) is 3.91. The number of nitrogens with zero attached hydrogens (tertiary/aromatic N) is 2. The summed E-state index contributed by atoms with van der Waals surface area (Å²) in [5, 5.41) is 3.90. The number of aromatic nitrogens is 1. The van der Waals surface area contributed by atoms with E-state index in [9.17, 15) is 9.18 Å². The molecule has 2 aromatic carbocycles. The van der Waals surface area contributed by atoms with E-state index in [-0.39, 0.29) is 17.8 Å². The number of rotatable bonds is 5. The summed E-state index contributed by atoms with van der Waals surface area (Å²) in [5.41, 5.74) is 2.96. The second-order valence-electron chi connectivity index (χ2n) is 7.56. The van der Waals surface area contributed by atoms with Crippen molar-refractivity contribution >= 4 is 17.5 Å². The molecule has 0 saturated carbocycles. The fourth-order valence-electron chi connectivity index (χ4n) is 3.72. The van der Waals surface area contributed by atoms with Crippen molar-refractivity contribution in [1.29, 1.82) is 0 Å². The van der Waals surface area contributed by atoms with Gasteiger partial charge in [-0.25, -0.2) is 4.39 Å². The van der Waals surface area contributed by atoms with Gasteiger partial charge in [-0.1, -0.05) is 41.9 Å². The normalized spacial score (nSPS) is 15.1. The Bertz CT molecular complexity index is 1020. The Balaban J connectivity index is 1.30. The first-order valence-electron chi connectivity index (χ1n) is 10.1. The van der Waals surface area contributed by atoms with Crippen molar-refractivity contribution in [3.63, 3.8) is 0 Å². The van der Waals surface area contributed by atoms with Crippen molar-refractivity contribution in [2.45, 2.75) is 25.4 Å². The van der Waals surface area contributed by atoms with E-state index in [1.54, 1.807) is 30.5 Å². The molecule has 1 amide bonds. The number of benzene rings is 2. The lowest BCUT2D eigenvalue weighted by atomic mass is 10.0. The quantitative estimate of drug-likeness (QED) is 0.632. The van der Waals surface area contributed by atoms with Crippen LogP contribution in [0.3, 0.4) is 0 Å². The number of piperidine rings is 1. The molecule has 4 nitrogen and oxygen atoms in total. The molecule has 1 aliphatic heterocycles. The summed E-state index contributed by atoms with van der Waals surface area (Å²) in [5.74, 6) is -0.435. The van der Waals surface area contributed by atoms with Gasteiger partial charge in [0.25, 0.3) is 5.91 Å². The molecule has 3 aromatic rings.